The van der Waals surface area contributed by atoms with Crippen LogP contribution >= 0.6 is 0 Å². The second-order valence-corrected chi connectivity index (χ2v) is 13.7. The Labute approximate surface area is 293 Å². The van der Waals surface area contributed by atoms with Gasteiger partial charge in [0.2, 0.25) is 5.91 Å². The number of amides is 1. The molecule has 1 N–H and O–H groups in total. The van der Waals surface area contributed by atoms with Crippen LogP contribution < -0.4 is 5.32 Å². The van der Waals surface area contributed by atoms with Crippen molar-refractivity contribution >= 4 is 11.9 Å². The Hall–Kier alpha value is -1.84. The van der Waals surface area contributed by atoms with Crippen molar-refractivity contribution in [2.75, 3.05) is 13.2 Å². The number of carbonyl (C=O) groups is 2. The first-order valence-corrected chi connectivity index (χ1v) is 20.6. The highest BCUT2D eigenvalue weighted by atomic mass is 16.5. The van der Waals surface area contributed by atoms with E-state index in [0.717, 1.165) is 38.5 Å². The van der Waals surface area contributed by atoms with Crippen LogP contribution in [0.4, 0.5) is 0 Å². The molecule has 274 valence electrons. The molecule has 0 atom stereocenters. The van der Waals surface area contributed by atoms with Gasteiger partial charge in [-0.15, -0.1) is 0 Å². The lowest BCUT2D eigenvalue weighted by Crippen LogP contribution is -2.25. The molecule has 0 radical (unpaired) electrons. The van der Waals surface area contributed by atoms with E-state index in [1.807, 2.05) is 0 Å². The summed E-state index contributed by atoms with van der Waals surface area (Å²) in [4.78, 5) is 24.0. The zero-order valence-electron chi connectivity index (χ0n) is 31.5. The van der Waals surface area contributed by atoms with Crippen molar-refractivity contribution < 1.29 is 14.3 Å². The molecular weight excluding hydrogens is 578 g/mol. The van der Waals surface area contributed by atoms with Gasteiger partial charge in [-0.2, -0.15) is 0 Å². The largest absolute Gasteiger partial charge is 0.466 e. The number of ether oxygens (including phenoxy) is 1. The minimum absolute atomic E-state index is 0.0949. The summed E-state index contributed by atoms with van der Waals surface area (Å²) >= 11 is 0. The highest BCUT2D eigenvalue weighted by molar-refractivity contribution is 5.75. The van der Waals surface area contributed by atoms with Crippen molar-refractivity contribution in [1.29, 1.82) is 0 Å². The normalized spacial score (nSPS) is 11.8. The van der Waals surface area contributed by atoms with Gasteiger partial charge in [-0.25, -0.2) is 0 Å². The summed E-state index contributed by atoms with van der Waals surface area (Å²) in [7, 11) is 0. The smallest absolute Gasteiger partial charge is 0.305 e. The van der Waals surface area contributed by atoms with Crippen LogP contribution in [-0.4, -0.2) is 25.0 Å². The fourth-order valence-electron chi connectivity index (χ4n) is 5.79. The molecule has 0 aliphatic carbocycles. The molecule has 0 spiro atoms. The maximum Gasteiger partial charge on any atom is 0.305 e. The molecule has 47 heavy (non-hydrogen) atoms. The minimum atomic E-state index is -0.0949. The van der Waals surface area contributed by atoms with Gasteiger partial charge in [-0.1, -0.05) is 159 Å². The fraction of sp³-hybridized carbons (Fsp3) is 0.814. The molecule has 0 fully saturated rings. The maximum absolute atomic E-state index is 12.0. The predicted octanol–water partition coefficient (Wildman–Crippen LogP) is 13.4. The molecule has 0 rings (SSSR count). The van der Waals surface area contributed by atoms with E-state index in [4.69, 9.17) is 4.74 Å². The second kappa shape index (κ2) is 40.3. The summed E-state index contributed by atoms with van der Waals surface area (Å²) in [6.07, 6.45) is 51.0. The summed E-state index contributed by atoms with van der Waals surface area (Å²) in [6, 6.07) is 0. The van der Waals surface area contributed by atoms with Crippen LogP contribution in [-0.2, 0) is 14.3 Å². The van der Waals surface area contributed by atoms with Crippen molar-refractivity contribution in [3.8, 4) is 0 Å². The van der Waals surface area contributed by atoms with Crippen LogP contribution in [0.25, 0.3) is 0 Å². The van der Waals surface area contributed by atoms with Crippen LogP contribution in [0.2, 0.25) is 0 Å². The number of nitrogens with one attached hydrogen (secondary N) is 1. The third-order valence-electron chi connectivity index (χ3n) is 8.90. The number of rotatable bonds is 37. The van der Waals surface area contributed by atoms with E-state index < -0.39 is 0 Å². The van der Waals surface area contributed by atoms with E-state index in [9.17, 15) is 9.59 Å². The first-order valence-electron chi connectivity index (χ1n) is 20.6. The average Bonchev–Trinajstić information content (AvgIpc) is 3.07. The van der Waals surface area contributed by atoms with Crippen LogP contribution in [0.1, 0.15) is 213 Å². The molecule has 0 aromatic carbocycles. The predicted molar refractivity (Wildman–Crippen MR) is 206 cm³/mol. The quantitative estimate of drug-likeness (QED) is 0.0411. The molecule has 0 saturated carbocycles. The Balaban J connectivity index is 3.33. The van der Waals surface area contributed by atoms with Crippen LogP contribution in [0, 0.1) is 0 Å². The summed E-state index contributed by atoms with van der Waals surface area (Å²) in [5.74, 6) is 0.0238. The topological polar surface area (TPSA) is 55.4 Å². The lowest BCUT2D eigenvalue weighted by Gasteiger charge is -2.07. The van der Waals surface area contributed by atoms with Crippen molar-refractivity contribution in [1.82, 2.24) is 5.32 Å². The van der Waals surface area contributed by atoms with Gasteiger partial charge in [-0.05, 0) is 77.0 Å². The van der Waals surface area contributed by atoms with Crippen LogP contribution in [0.15, 0.2) is 36.5 Å². The molecule has 0 aromatic heterocycles. The van der Waals surface area contributed by atoms with E-state index >= 15 is 0 Å². The van der Waals surface area contributed by atoms with Crippen LogP contribution in [0.5, 0.6) is 0 Å². The van der Waals surface area contributed by atoms with Crippen molar-refractivity contribution in [3.63, 3.8) is 0 Å². The monoisotopic (exact) mass is 658 g/mol. The zero-order chi connectivity index (χ0) is 34.1. The maximum atomic E-state index is 12.0. The van der Waals surface area contributed by atoms with Gasteiger partial charge in [0.15, 0.2) is 0 Å². The van der Waals surface area contributed by atoms with Gasteiger partial charge in [-0.3, -0.25) is 9.59 Å². The average molecular weight is 658 g/mol. The standard InChI is InChI=1S/C43H79NO3/c1-3-5-7-9-11-13-15-17-19-20-21-22-24-26-28-30-32-34-36-39-43(46)47-41-37-40-44-42(45)38-35-33-31-29-27-25-23-18-16-14-12-10-8-6-4-2/h12,14,17-19,23H,3-11,13,15-16,20-22,24-41H2,1-2H3,(H,44,45)/b14-12+,19-17-,23-18+. The molecular formula is C43H79NO3. The van der Waals surface area contributed by atoms with E-state index in [-0.39, 0.29) is 11.9 Å². The number of carbonyl (C=O) groups excluding carboxylic acids is 2. The lowest BCUT2D eigenvalue weighted by molar-refractivity contribution is -0.143. The van der Waals surface area contributed by atoms with E-state index in [0.29, 0.717) is 32.4 Å². The molecule has 4 heteroatoms. The number of hydrogen-bond donors (Lipinski definition) is 1. The summed E-state index contributed by atoms with van der Waals surface area (Å²) in [5, 5.41) is 2.96. The van der Waals surface area contributed by atoms with Gasteiger partial charge in [0, 0.05) is 19.4 Å². The Morgan fingerprint density at radius 1 is 0.447 bits per heavy atom. The molecule has 0 aliphatic rings. The second-order valence-electron chi connectivity index (χ2n) is 13.7. The first-order chi connectivity index (χ1) is 23.2. The number of unbranched alkanes of at least 4 members (excludes halogenated alkanes) is 23. The molecule has 0 unspecified atom stereocenters. The molecule has 0 aliphatic heterocycles. The van der Waals surface area contributed by atoms with Gasteiger partial charge in [0.1, 0.15) is 0 Å². The van der Waals surface area contributed by atoms with Crippen molar-refractivity contribution in [2.45, 2.75) is 213 Å². The molecule has 0 heterocycles. The molecule has 1 amide bonds. The van der Waals surface area contributed by atoms with Gasteiger partial charge in [0.05, 0.1) is 6.61 Å². The fourth-order valence-corrected chi connectivity index (χ4v) is 5.79. The Morgan fingerprint density at radius 2 is 0.830 bits per heavy atom. The third kappa shape index (κ3) is 40.3. The SMILES string of the molecule is CCCCC/C=C/C/C=C/CCCCCCCC(=O)NCCCOC(=O)CCCCCCCCCCC/C=C\CCCCCCCC. The summed E-state index contributed by atoms with van der Waals surface area (Å²) in [5.41, 5.74) is 0. The van der Waals surface area contributed by atoms with E-state index in [1.165, 1.54) is 141 Å². The molecule has 0 bridgehead atoms. The third-order valence-corrected chi connectivity index (χ3v) is 8.90. The van der Waals surface area contributed by atoms with Crippen LogP contribution in [0.3, 0.4) is 0 Å². The van der Waals surface area contributed by atoms with Gasteiger partial charge < -0.3 is 10.1 Å². The van der Waals surface area contributed by atoms with Gasteiger partial charge >= 0.3 is 5.97 Å². The summed E-state index contributed by atoms with van der Waals surface area (Å²) in [6.45, 7) is 5.51. The number of allylic oxidation sites excluding steroid dienone is 6. The molecule has 0 aromatic rings. The highest BCUT2D eigenvalue weighted by Gasteiger charge is 2.04. The Kier molecular flexibility index (Phi) is 38.8. The van der Waals surface area contributed by atoms with Crippen molar-refractivity contribution in [2.24, 2.45) is 0 Å². The Morgan fingerprint density at radius 3 is 1.34 bits per heavy atom. The van der Waals surface area contributed by atoms with Crippen molar-refractivity contribution in [3.05, 3.63) is 36.5 Å². The molecule has 4 nitrogen and oxygen atoms in total. The van der Waals surface area contributed by atoms with E-state index in [2.05, 4.69) is 55.6 Å². The lowest BCUT2D eigenvalue weighted by atomic mass is 10.1. The number of hydrogen-bond acceptors (Lipinski definition) is 3. The van der Waals surface area contributed by atoms with Gasteiger partial charge in [0.25, 0.3) is 0 Å². The minimum Gasteiger partial charge on any atom is -0.466 e. The highest BCUT2D eigenvalue weighted by Crippen LogP contribution is 2.13. The molecule has 0 saturated heterocycles. The number of esters is 1. The Bertz CT molecular complexity index is 741. The first kappa shape index (κ1) is 45.2. The summed E-state index contributed by atoms with van der Waals surface area (Å²) < 4.78 is 5.35. The zero-order valence-corrected chi connectivity index (χ0v) is 31.5. The van der Waals surface area contributed by atoms with E-state index in [1.54, 1.807) is 0 Å².